The quantitative estimate of drug-likeness (QED) is 0.594. The molecule has 3 aromatic rings. The molecule has 29 heavy (non-hydrogen) atoms. The number of carbonyl (C=O) groups is 1. The van der Waals surface area contributed by atoms with E-state index in [1.807, 2.05) is 25.1 Å². The number of nitrogens with zero attached hydrogens (tertiary/aromatic N) is 1. The molecule has 0 spiro atoms. The molecule has 152 valence electrons. The number of phenolic OH excluding ortho intramolecular Hbond substituents is 1. The Morgan fingerprint density at radius 1 is 1.14 bits per heavy atom. The van der Waals surface area contributed by atoms with Crippen molar-refractivity contribution in [2.24, 2.45) is 5.73 Å². The zero-order valence-corrected chi connectivity index (χ0v) is 17.2. The number of primary amides is 1. The van der Waals surface area contributed by atoms with Crippen LogP contribution < -0.4 is 10.5 Å². The number of carbonyl (C=O) groups excluding carboxylic acids is 1. The Hall–Kier alpha value is -3.21. The van der Waals surface area contributed by atoms with E-state index in [1.165, 1.54) is 5.56 Å². The fourth-order valence-electron chi connectivity index (χ4n) is 3.90. The van der Waals surface area contributed by atoms with Crippen molar-refractivity contribution in [3.63, 3.8) is 0 Å². The van der Waals surface area contributed by atoms with E-state index in [-0.39, 0.29) is 5.75 Å². The summed E-state index contributed by atoms with van der Waals surface area (Å²) < 4.78 is 7.43. The van der Waals surface area contributed by atoms with E-state index in [2.05, 4.69) is 23.6 Å². The topological polar surface area (TPSA) is 77.5 Å². The highest BCUT2D eigenvalue weighted by Crippen LogP contribution is 2.35. The van der Waals surface area contributed by atoms with Gasteiger partial charge in [0.15, 0.2) is 0 Å². The fraction of sp³-hybridized carbons (Fsp3) is 0.292. The van der Waals surface area contributed by atoms with Crippen LogP contribution in [0.4, 0.5) is 0 Å². The summed E-state index contributed by atoms with van der Waals surface area (Å²) in [7, 11) is 1.66. The average molecular weight is 392 g/mol. The minimum atomic E-state index is -0.443. The first kappa shape index (κ1) is 20.5. The zero-order valence-electron chi connectivity index (χ0n) is 17.2. The van der Waals surface area contributed by atoms with E-state index < -0.39 is 5.91 Å². The number of methoxy groups -OCH3 is 1. The van der Waals surface area contributed by atoms with Crippen LogP contribution in [0, 0.1) is 6.92 Å². The maximum Gasteiger partial charge on any atom is 0.251 e. The summed E-state index contributed by atoms with van der Waals surface area (Å²) in [6, 6.07) is 15.0. The van der Waals surface area contributed by atoms with Crippen LogP contribution in [0.5, 0.6) is 11.5 Å². The van der Waals surface area contributed by atoms with E-state index >= 15 is 0 Å². The second-order valence-electron chi connectivity index (χ2n) is 7.20. The monoisotopic (exact) mass is 392 g/mol. The molecule has 0 saturated carbocycles. The first-order valence-corrected chi connectivity index (χ1v) is 9.90. The Kier molecular flexibility index (Phi) is 6.27. The predicted molar refractivity (Wildman–Crippen MR) is 115 cm³/mol. The summed E-state index contributed by atoms with van der Waals surface area (Å²) in [6.45, 7) is 4.80. The number of aromatic hydroxyl groups is 1. The van der Waals surface area contributed by atoms with Crippen LogP contribution in [0.3, 0.4) is 0 Å². The summed E-state index contributed by atoms with van der Waals surface area (Å²) >= 11 is 0. The summed E-state index contributed by atoms with van der Waals surface area (Å²) in [5.74, 6) is 0.560. The van der Waals surface area contributed by atoms with Crippen molar-refractivity contribution < 1.29 is 14.6 Å². The second-order valence-corrected chi connectivity index (χ2v) is 7.20. The van der Waals surface area contributed by atoms with Gasteiger partial charge in [0.1, 0.15) is 11.5 Å². The lowest BCUT2D eigenvalue weighted by Gasteiger charge is -2.13. The van der Waals surface area contributed by atoms with E-state index in [4.69, 9.17) is 10.5 Å². The highest BCUT2D eigenvalue weighted by atomic mass is 16.5. The molecule has 1 heterocycles. The SMILES string of the molecule is CCCc1c(-c2cccc(O)c2)c(C(N)=O)c(C)n1CCc1ccc(OC)cc1. The normalized spacial score (nSPS) is 10.9. The third-order valence-electron chi connectivity index (χ3n) is 5.28. The number of ether oxygens (including phenoxy) is 1. The summed E-state index contributed by atoms with van der Waals surface area (Å²) in [4.78, 5) is 12.3. The van der Waals surface area contributed by atoms with E-state index in [1.54, 1.807) is 25.3 Å². The van der Waals surface area contributed by atoms with Crippen molar-refractivity contribution >= 4 is 5.91 Å². The van der Waals surface area contributed by atoms with Gasteiger partial charge in [0.2, 0.25) is 0 Å². The number of hydrogen-bond acceptors (Lipinski definition) is 3. The smallest absolute Gasteiger partial charge is 0.251 e. The van der Waals surface area contributed by atoms with Gasteiger partial charge in [-0.25, -0.2) is 0 Å². The molecule has 3 rings (SSSR count). The van der Waals surface area contributed by atoms with Gasteiger partial charge in [0.25, 0.3) is 5.91 Å². The largest absolute Gasteiger partial charge is 0.508 e. The van der Waals surface area contributed by atoms with Gasteiger partial charge in [-0.3, -0.25) is 4.79 Å². The molecule has 0 aliphatic rings. The molecule has 1 amide bonds. The van der Waals surface area contributed by atoms with Crippen LogP contribution in [0.15, 0.2) is 48.5 Å². The van der Waals surface area contributed by atoms with Gasteiger partial charge in [0.05, 0.1) is 12.7 Å². The van der Waals surface area contributed by atoms with Gasteiger partial charge < -0.3 is 20.1 Å². The van der Waals surface area contributed by atoms with E-state index in [0.717, 1.165) is 54.1 Å². The molecular weight excluding hydrogens is 364 g/mol. The first-order chi connectivity index (χ1) is 14.0. The van der Waals surface area contributed by atoms with Crippen LogP contribution >= 0.6 is 0 Å². The van der Waals surface area contributed by atoms with Gasteiger partial charge in [-0.05, 0) is 55.2 Å². The third-order valence-corrected chi connectivity index (χ3v) is 5.28. The van der Waals surface area contributed by atoms with Gasteiger partial charge >= 0.3 is 0 Å². The van der Waals surface area contributed by atoms with Crippen molar-refractivity contribution in [2.75, 3.05) is 7.11 Å². The molecule has 2 aromatic carbocycles. The molecule has 0 atom stereocenters. The number of phenols is 1. The van der Waals surface area contributed by atoms with Crippen molar-refractivity contribution in [1.82, 2.24) is 4.57 Å². The molecule has 0 fully saturated rings. The predicted octanol–water partition coefficient (Wildman–Crippen LogP) is 4.47. The Morgan fingerprint density at radius 3 is 2.45 bits per heavy atom. The van der Waals surface area contributed by atoms with Crippen molar-refractivity contribution in [2.45, 2.75) is 39.7 Å². The van der Waals surface area contributed by atoms with Gasteiger partial charge in [-0.15, -0.1) is 0 Å². The molecule has 5 nitrogen and oxygen atoms in total. The van der Waals surface area contributed by atoms with Gasteiger partial charge in [-0.2, -0.15) is 0 Å². The highest BCUT2D eigenvalue weighted by Gasteiger charge is 2.24. The summed E-state index contributed by atoms with van der Waals surface area (Å²) in [5, 5.41) is 9.96. The molecular formula is C24H28N2O3. The minimum absolute atomic E-state index is 0.170. The Balaban J connectivity index is 2.05. The molecule has 5 heteroatoms. The Bertz CT molecular complexity index is 1000. The minimum Gasteiger partial charge on any atom is -0.508 e. The van der Waals surface area contributed by atoms with Crippen LogP contribution in [-0.2, 0) is 19.4 Å². The Labute approximate surface area is 171 Å². The van der Waals surface area contributed by atoms with Crippen LogP contribution in [0.1, 0.15) is 40.7 Å². The van der Waals surface area contributed by atoms with Crippen LogP contribution in [0.25, 0.3) is 11.1 Å². The molecule has 0 unspecified atom stereocenters. The van der Waals surface area contributed by atoms with Gasteiger partial charge in [-0.1, -0.05) is 37.6 Å². The summed E-state index contributed by atoms with van der Waals surface area (Å²) in [6.07, 6.45) is 2.59. The molecule has 0 radical (unpaired) electrons. The lowest BCUT2D eigenvalue weighted by Crippen LogP contribution is -2.14. The van der Waals surface area contributed by atoms with Crippen molar-refractivity contribution in [1.29, 1.82) is 0 Å². The third kappa shape index (κ3) is 4.29. The molecule has 1 aromatic heterocycles. The number of rotatable bonds is 8. The van der Waals surface area contributed by atoms with Crippen LogP contribution in [-0.4, -0.2) is 22.7 Å². The Morgan fingerprint density at radius 2 is 1.86 bits per heavy atom. The van der Waals surface area contributed by atoms with E-state index in [9.17, 15) is 9.90 Å². The number of benzene rings is 2. The van der Waals surface area contributed by atoms with E-state index in [0.29, 0.717) is 5.56 Å². The fourth-order valence-corrected chi connectivity index (χ4v) is 3.90. The lowest BCUT2D eigenvalue weighted by atomic mass is 9.98. The second kappa shape index (κ2) is 8.86. The molecule has 0 saturated heterocycles. The molecule has 0 bridgehead atoms. The number of nitrogens with two attached hydrogens (primary N) is 1. The number of amides is 1. The van der Waals surface area contributed by atoms with Crippen molar-refractivity contribution in [3.8, 4) is 22.6 Å². The lowest BCUT2D eigenvalue weighted by molar-refractivity contribution is 0.1000. The van der Waals surface area contributed by atoms with Crippen LogP contribution in [0.2, 0.25) is 0 Å². The van der Waals surface area contributed by atoms with Gasteiger partial charge in [0, 0.05) is 23.5 Å². The average Bonchev–Trinajstić information content (AvgIpc) is 2.99. The number of aryl methyl sites for hydroxylation is 1. The standard InChI is InChI=1S/C24H28N2O3/c1-4-6-21-23(18-7-5-8-19(27)15-18)22(24(25)28)16(2)26(21)14-13-17-9-11-20(29-3)12-10-17/h5,7-12,15,27H,4,6,13-14H2,1-3H3,(H2,25,28). The highest BCUT2D eigenvalue weighted by molar-refractivity contribution is 6.02. The first-order valence-electron chi connectivity index (χ1n) is 9.90. The summed E-state index contributed by atoms with van der Waals surface area (Å²) in [5.41, 5.74) is 11.1. The maximum absolute atomic E-state index is 12.3. The zero-order chi connectivity index (χ0) is 21.0. The molecule has 0 aliphatic heterocycles. The maximum atomic E-state index is 12.3. The van der Waals surface area contributed by atoms with Crippen molar-refractivity contribution in [3.05, 3.63) is 71.0 Å². The number of aromatic nitrogens is 1. The molecule has 3 N–H and O–H groups in total. The number of hydrogen-bond donors (Lipinski definition) is 2. The molecule has 0 aliphatic carbocycles.